The second-order valence-corrected chi connectivity index (χ2v) is 11.9. The van der Waals surface area contributed by atoms with Crippen LogP contribution >= 0.6 is 23.4 Å². The van der Waals surface area contributed by atoms with E-state index in [4.69, 9.17) is 11.6 Å². The molecule has 2 aromatic rings. The van der Waals surface area contributed by atoms with Crippen molar-refractivity contribution in [3.63, 3.8) is 0 Å². The van der Waals surface area contributed by atoms with Crippen molar-refractivity contribution in [2.75, 3.05) is 11.0 Å². The Morgan fingerprint density at radius 2 is 1.70 bits per heavy atom. The summed E-state index contributed by atoms with van der Waals surface area (Å²) in [5, 5.41) is 0.448. The first-order valence-electron chi connectivity index (χ1n) is 8.45. The molecule has 5 nitrogen and oxygen atoms in total. The summed E-state index contributed by atoms with van der Waals surface area (Å²) >= 11 is 7.72. The quantitative estimate of drug-likeness (QED) is 0.703. The predicted molar refractivity (Wildman–Crippen MR) is 110 cm³/mol. The van der Waals surface area contributed by atoms with E-state index in [9.17, 15) is 16.8 Å². The minimum atomic E-state index is -4.04. The molecular weight excluding hydrogens is 426 g/mol. The fourth-order valence-electron chi connectivity index (χ4n) is 2.96. The molecule has 0 heterocycles. The van der Waals surface area contributed by atoms with E-state index in [0.29, 0.717) is 10.9 Å². The maximum atomic E-state index is 12.9. The molecule has 27 heavy (non-hydrogen) atoms. The third-order valence-corrected chi connectivity index (χ3v) is 8.72. The van der Waals surface area contributed by atoms with Gasteiger partial charge in [0.15, 0.2) is 9.84 Å². The highest BCUT2D eigenvalue weighted by Gasteiger charge is 2.23. The zero-order chi connectivity index (χ0) is 19.7. The first-order valence-corrected chi connectivity index (χ1v) is 13.1. The largest absolute Gasteiger partial charge is 0.278 e. The van der Waals surface area contributed by atoms with Gasteiger partial charge in [-0.25, -0.2) is 16.8 Å². The van der Waals surface area contributed by atoms with Gasteiger partial charge < -0.3 is 0 Å². The molecule has 0 amide bonds. The number of hydrogen-bond acceptors (Lipinski definition) is 5. The Hall–Kier alpha value is -1.22. The van der Waals surface area contributed by atoms with Crippen molar-refractivity contribution in [1.82, 2.24) is 0 Å². The molecule has 0 atom stereocenters. The van der Waals surface area contributed by atoms with Gasteiger partial charge in [0.05, 0.1) is 15.6 Å². The Kier molecular flexibility index (Phi) is 6.10. The Morgan fingerprint density at radius 1 is 1.04 bits per heavy atom. The molecule has 0 aliphatic heterocycles. The zero-order valence-electron chi connectivity index (χ0n) is 14.7. The van der Waals surface area contributed by atoms with E-state index in [1.54, 1.807) is 23.9 Å². The fraction of sp³-hybridized carbons (Fsp3) is 0.333. The van der Waals surface area contributed by atoms with Crippen LogP contribution in [-0.4, -0.2) is 28.3 Å². The first-order chi connectivity index (χ1) is 12.7. The van der Waals surface area contributed by atoms with Crippen molar-refractivity contribution in [2.45, 2.75) is 45.6 Å². The number of anilines is 1. The van der Waals surface area contributed by atoms with Crippen LogP contribution in [0.2, 0.25) is 5.02 Å². The van der Waals surface area contributed by atoms with Gasteiger partial charge in [-0.2, -0.15) is 0 Å². The summed E-state index contributed by atoms with van der Waals surface area (Å²) in [6.07, 6.45) is 5.65. The van der Waals surface area contributed by atoms with E-state index in [1.165, 1.54) is 25.0 Å². The molecule has 1 aliphatic rings. The number of rotatable bonds is 6. The highest BCUT2D eigenvalue weighted by Crippen LogP contribution is 2.39. The maximum Gasteiger partial charge on any atom is 0.263 e. The van der Waals surface area contributed by atoms with Crippen LogP contribution in [0.3, 0.4) is 0 Å². The van der Waals surface area contributed by atoms with Crippen LogP contribution in [0.25, 0.3) is 0 Å². The highest BCUT2D eigenvalue weighted by molar-refractivity contribution is 8.00. The molecule has 0 aromatic heterocycles. The standard InChI is InChI=1S/C18H20ClNO4S3/c1-26(21,22)14-10-11-15(19)18(12-14)27(23,24)20-16-8-4-5-9-17(16)25-13-6-2-3-7-13/h4-5,8-13,20H,2-3,6-7H2,1H3. The van der Waals surface area contributed by atoms with Crippen molar-refractivity contribution < 1.29 is 16.8 Å². The van der Waals surface area contributed by atoms with Crippen LogP contribution in [-0.2, 0) is 19.9 Å². The number of benzene rings is 2. The Labute approximate surface area is 169 Å². The summed E-state index contributed by atoms with van der Waals surface area (Å²) in [6, 6.07) is 10.9. The molecule has 0 radical (unpaired) electrons. The molecule has 0 spiro atoms. The summed E-state index contributed by atoms with van der Waals surface area (Å²) in [4.78, 5) is 0.497. The molecule has 1 N–H and O–H groups in total. The summed E-state index contributed by atoms with van der Waals surface area (Å²) in [7, 11) is -7.60. The summed E-state index contributed by atoms with van der Waals surface area (Å²) < 4.78 is 51.9. The molecule has 1 saturated carbocycles. The third-order valence-electron chi connectivity index (χ3n) is 4.35. The summed E-state index contributed by atoms with van der Waals surface area (Å²) in [6.45, 7) is 0. The van der Waals surface area contributed by atoms with E-state index in [-0.39, 0.29) is 14.8 Å². The zero-order valence-corrected chi connectivity index (χ0v) is 17.9. The Balaban J connectivity index is 1.94. The molecule has 1 aliphatic carbocycles. The van der Waals surface area contributed by atoms with Gasteiger partial charge >= 0.3 is 0 Å². The Morgan fingerprint density at radius 3 is 2.37 bits per heavy atom. The highest BCUT2D eigenvalue weighted by atomic mass is 35.5. The number of para-hydroxylation sites is 1. The van der Waals surface area contributed by atoms with Crippen molar-refractivity contribution in [3.05, 3.63) is 47.5 Å². The van der Waals surface area contributed by atoms with E-state index in [1.807, 2.05) is 12.1 Å². The lowest BCUT2D eigenvalue weighted by Gasteiger charge is -2.16. The van der Waals surface area contributed by atoms with E-state index < -0.39 is 19.9 Å². The number of sulfonamides is 1. The van der Waals surface area contributed by atoms with Crippen LogP contribution in [0.4, 0.5) is 5.69 Å². The lowest BCUT2D eigenvalue weighted by molar-refractivity contribution is 0.599. The van der Waals surface area contributed by atoms with Crippen LogP contribution in [0.1, 0.15) is 25.7 Å². The molecule has 3 rings (SSSR count). The molecule has 0 unspecified atom stereocenters. The van der Waals surface area contributed by atoms with Gasteiger partial charge in [0.2, 0.25) is 0 Å². The third kappa shape index (κ3) is 4.99. The van der Waals surface area contributed by atoms with Gasteiger partial charge in [-0.1, -0.05) is 36.6 Å². The lowest BCUT2D eigenvalue weighted by Crippen LogP contribution is -2.15. The van der Waals surface area contributed by atoms with Crippen molar-refractivity contribution in [2.24, 2.45) is 0 Å². The number of nitrogens with one attached hydrogen (secondary N) is 1. The van der Waals surface area contributed by atoms with Crippen LogP contribution < -0.4 is 4.72 Å². The molecule has 0 bridgehead atoms. The van der Waals surface area contributed by atoms with Gasteiger partial charge in [-0.15, -0.1) is 11.8 Å². The minimum absolute atomic E-state index is 0.0316. The topological polar surface area (TPSA) is 80.3 Å². The van der Waals surface area contributed by atoms with Gasteiger partial charge in [0.25, 0.3) is 10.0 Å². The van der Waals surface area contributed by atoms with Crippen molar-refractivity contribution in [3.8, 4) is 0 Å². The molecule has 146 valence electrons. The molecule has 0 saturated heterocycles. The van der Waals surface area contributed by atoms with E-state index in [0.717, 1.165) is 30.1 Å². The predicted octanol–water partition coefficient (Wildman–Crippen LogP) is 4.58. The minimum Gasteiger partial charge on any atom is -0.278 e. The van der Waals surface area contributed by atoms with Crippen LogP contribution in [0, 0.1) is 0 Å². The van der Waals surface area contributed by atoms with Gasteiger partial charge in [0.1, 0.15) is 4.90 Å². The molecule has 2 aromatic carbocycles. The van der Waals surface area contributed by atoms with Gasteiger partial charge in [-0.3, -0.25) is 4.72 Å². The van der Waals surface area contributed by atoms with Crippen LogP contribution in [0.15, 0.2) is 57.2 Å². The number of halogens is 1. The van der Waals surface area contributed by atoms with E-state index >= 15 is 0 Å². The van der Waals surface area contributed by atoms with E-state index in [2.05, 4.69) is 4.72 Å². The molecular formula is C18H20ClNO4S3. The number of hydrogen-bond donors (Lipinski definition) is 1. The monoisotopic (exact) mass is 445 g/mol. The average molecular weight is 446 g/mol. The SMILES string of the molecule is CS(=O)(=O)c1ccc(Cl)c(S(=O)(=O)Nc2ccccc2SC2CCCC2)c1. The average Bonchev–Trinajstić information content (AvgIpc) is 3.08. The molecule has 1 fully saturated rings. The smallest absolute Gasteiger partial charge is 0.263 e. The second-order valence-electron chi connectivity index (χ2n) is 6.49. The van der Waals surface area contributed by atoms with Gasteiger partial charge in [-0.05, 0) is 43.2 Å². The maximum absolute atomic E-state index is 12.9. The number of thioether (sulfide) groups is 1. The first kappa shape index (κ1) is 20.5. The fourth-order valence-corrected chi connectivity index (χ4v) is 6.68. The second kappa shape index (κ2) is 8.03. The lowest BCUT2D eigenvalue weighted by atomic mass is 10.3. The van der Waals surface area contributed by atoms with Crippen molar-refractivity contribution in [1.29, 1.82) is 0 Å². The van der Waals surface area contributed by atoms with Gasteiger partial charge in [0, 0.05) is 16.4 Å². The van der Waals surface area contributed by atoms with Crippen LogP contribution in [0.5, 0.6) is 0 Å². The Bertz CT molecular complexity index is 1050. The van der Waals surface area contributed by atoms with Crippen molar-refractivity contribution >= 4 is 48.9 Å². The summed E-state index contributed by atoms with van der Waals surface area (Å²) in [5.74, 6) is 0. The summed E-state index contributed by atoms with van der Waals surface area (Å²) in [5.41, 5.74) is 0.468. The molecule has 9 heteroatoms. The number of sulfone groups is 1. The normalized spacial score (nSPS) is 15.8.